The van der Waals surface area contributed by atoms with Crippen LogP contribution in [0.2, 0.25) is 0 Å². The molecule has 0 radical (unpaired) electrons. The topological polar surface area (TPSA) is 63.4 Å². The van der Waals surface area contributed by atoms with E-state index in [-0.39, 0.29) is 0 Å². The molecule has 0 aliphatic rings. The van der Waals surface area contributed by atoms with Crippen LogP contribution in [0.3, 0.4) is 0 Å². The average Bonchev–Trinajstić information content (AvgIpc) is 2.35. The number of sulfonamides is 1. The molecule has 1 atom stereocenters. The van der Waals surface area contributed by atoms with Crippen LogP contribution in [-0.2, 0) is 10.0 Å². The molecule has 0 aromatic heterocycles. The Morgan fingerprint density at radius 1 is 1.00 bits per heavy atom. The molecule has 1 aromatic carbocycles. The molecule has 23 heavy (non-hydrogen) atoms. The van der Waals surface area contributed by atoms with Crippen molar-refractivity contribution < 1.29 is 43.5 Å². The molecular weight excluding hydrogens is 364 g/mol. The quantitative estimate of drug-likeness (QED) is 0.383. The van der Waals surface area contributed by atoms with E-state index in [9.17, 15) is 43.5 Å². The van der Waals surface area contributed by atoms with Crippen LogP contribution in [-0.4, -0.2) is 30.7 Å². The van der Waals surface area contributed by atoms with E-state index in [2.05, 4.69) is 5.84 Å². The zero-order valence-electron chi connectivity index (χ0n) is 11.0. The second-order valence-electron chi connectivity index (χ2n) is 4.39. The highest BCUT2D eigenvalue weighted by Crippen LogP contribution is 2.47. The summed E-state index contributed by atoms with van der Waals surface area (Å²) in [6, 6.07) is -4.56. The standard InChI is InChI=1S/C10H8F8N2O2S/c1-8(13,9(14,15)16)10(17,18)20(19)23(21,22)7-5(11)3-2-4-6(7)12/h2-4H,19H2,1H3. The predicted molar refractivity (Wildman–Crippen MR) is 60.1 cm³/mol. The Kier molecular flexibility index (Phi) is 4.73. The van der Waals surface area contributed by atoms with Gasteiger partial charge in [0.05, 0.1) is 0 Å². The van der Waals surface area contributed by atoms with Crippen molar-refractivity contribution in [1.29, 1.82) is 0 Å². The van der Waals surface area contributed by atoms with Crippen molar-refractivity contribution in [2.75, 3.05) is 0 Å². The second-order valence-corrected chi connectivity index (χ2v) is 6.15. The Balaban J connectivity index is 3.51. The van der Waals surface area contributed by atoms with Gasteiger partial charge >= 0.3 is 12.2 Å². The van der Waals surface area contributed by atoms with Crippen LogP contribution in [0.15, 0.2) is 23.1 Å². The highest BCUT2D eigenvalue weighted by Gasteiger charge is 2.72. The summed E-state index contributed by atoms with van der Waals surface area (Å²) in [7, 11) is -6.03. The number of nitrogens with zero attached hydrogens (tertiary/aromatic N) is 1. The van der Waals surface area contributed by atoms with Crippen molar-refractivity contribution >= 4 is 10.0 Å². The summed E-state index contributed by atoms with van der Waals surface area (Å²) < 4.78 is 126. The van der Waals surface area contributed by atoms with Crippen LogP contribution >= 0.6 is 0 Å². The third-order valence-electron chi connectivity index (χ3n) is 2.81. The van der Waals surface area contributed by atoms with Crippen LogP contribution in [0.5, 0.6) is 0 Å². The van der Waals surface area contributed by atoms with Gasteiger partial charge in [-0.3, -0.25) is 0 Å². The van der Waals surface area contributed by atoms with E-state index >= 15 is 0 Å². The number of hydrazine groups is 1. The van der Waals surface area contributed by atoms with Gasteiger partial charge in [-0.15, -0.1) is 0 Å². The molecule has 1 aromatic rings. The lowest BCUT2D eigenvalue weighted by molar-refractivity contribution is -0.322. The minimum Gasteiger partial charge on any atom is -0.249 e. The first kappa shape index (κ1) is 19.6. The molecule has 0 amide bonds. The first-order chi connectivity index (χ1) is 10.1. The Morgan fingerprint density at radius 3 is 1.74 bits per heavy atom. The van der Waals surface area contributed by atoms with Crippen LogP contribution in [0.1, 0.15) is 6.92 Å². The molecule has 132 valence electrons. The van der Waals surface area contributed by atoms with Gasteiger partial charge in [-0.2, -0.15) is 22.0 Å². The first-order valence-electron chi connectivity index (χ1n) is 5.46. The monoisotopic (exact) mass is 372 g/mol. The second kappa shape index (κ2) is 5.56. The third-order valence-corrected chi connectivity index (χ3v) is 4.46. The van der Waals surface area contributed by atoms with Gasteiger partial charge in [-0.25, -0.2) is 27.4 Å². The lowest BCUT2D eigenvalue weighted by Gasteiger charge is -2.36. The van der Waals surface area contributed by atoms with E-state index in [4.69, 9.17) is 0 Å². The van der Waals surface area contributed by atoms with Gasteiger partial charge < -0.3 is 0 Å². The molecular formula is C10H8F8N2O2S. The molecule has 0 saturated heterocycles. The van der Waals surface area contributed by atoms with Crippen molar-refractivity contribution in [2.24, 2.45) is 5.84 Å². The molecule has 2 N–H and O–H groups in total. The molecule has 0 fully saturated rings. The van der Waals surface area contributed by atoms with Crippen LogP contribution in [0.4, 0.5) is 35.1 Å². The maximum absolute atomic E-state index is 13.6. The highest BCUT2D eigenvalue weighted by atomic mass is 32.2. The smallest absolute Gasteiger partial charge is 0.249 e. The van der Waals surface area contributed by atoms with Crippen molar-refractivity contribution in [2.45, 2.75) is 29.7 Å². The largest absolute Gasteiger partial charge is 0.429 e. The summed E-state index contributed by atoms with van der Waals surface area (Å²) in [4.78, 5) is -2.04. The molecule has 1 rings (SSSR count). The van der Waals surface area contributed by atoms with Gasteiger partial charge in [0.1, 0.15) is 11.6 Å². The molecule has 1 unspecified atom stereocenters. The summed E-state index contributed by atoms with van der Waals surface area (Å²) in [5.41, 5.74) is -5.43. The predicted octanol–water partition coefficient (Wildman–Crippen LogP) is 2.71. The zero-order chi connectivity index (χ0) is 18.4. The minimum atomic E-state index is -6.22. The van der Waals surface area contributed by atoms with Gasteiger partial charge in [-0.1, -0.05) is 10.5 Å². The summed E-state index contributed by atoms with van der Waals surface area (Å²) in [5.74, 6) is 0.605. The molecule has 4 nitrogen and oxygen atoms in total. The molecule has 0 bridgehead atoms. The Labute approximate surface area is 124 Å². The number of nitrogens with two attached hydrogens (primary N) is 1. The van der Waals surface area contributed by atoms with E-state index in [0.717, 1.165) is 0 Å². The van der Waals surface area contributed by atoms with E-state index < -0.39 is 55.8 Å². The summed E-state index contributed by atoms with van der Waals surface area (Å²) in [6.07, 6.45) is -6.22. The molecule has 0 saturated carbocycles. The van der Waals surface area contributed by atoms with Gasteiger partial charge in [0.25, 0.3) is 15.7 Å². The normalized spacial score (nSPS) is 16.5. The van der Waals surface area contributed by atoms with Gasteiger partial charge in [0.15, 0.2) is 4.90 Å². The maximum Gasteiger partial charge on any atom is 0.429 e. The molecule has 0 spiro atoms. The zero-order valence-corrected chi connectivity index (χ0v) is 11.8. The van der Waals surface area contributed by atoms with Crippen molar-refractivity contribution in [3.05, 3.63) is 29.8 Å². The number of alkyl halides is 6. The van der Waals surface area contributed by atoms with E-state index in [1.54, 1.807) is 0 Å². The Bertz CT molecular complexity index is 681. The Morgan fingerprint density at radius 2 is 1.39 bits per heavy atom. The Hall–Kier alpha value is -1.47. The average molecular weight is 372 g/mol. The minimum absolute atomic E-state index is 0.334. The number of rotatable bonds is 4. The summed E-state index contributed by atoms with van der Waals surface area (Å²) in [6.45, 7) is -0.667. The molecule has 0 aliphatic carbocycles. The SMILES string of the molecule is CC(F)(C(F)(F)F)C(F)(F)N(N)S(=O)(=O)c1c(F)cccc1F. The summed E-state index contributed by atoms with van der Waals surface area (Å²) >= 11 is 0. The lowest BCUT2D eigenvalue weighted by Crippen LogP contribution is -2.65. The van der Waals surface area contributed by atoms with Crippen molar-refractivity contribution in [3.63, 3.8) is 0 Å². The van der Waals surface area contributed by atoms with Crippen LogP contribution in [0.25, 0.3) is 0 Å². The fraction of sp³-hybridized carbons (Fsp3) is 0.400. The number of halogens is 8. The maximum atomic E-state index is 13.6. The molecule has 13 heteroatoms. The van der Waals surface area contributed by atoms with E-state index in [0.29, 0.717) is 18.2 Å². The third kappa shape index (κ3) is 2.99. The van der Waals surface area contributed by atoms with Gasteiger partial charge in [0.2, 0.25) is 0 Å². The number of benzene rings is 1. The molecule has 0 heterocycles. The number of hydrogen-bond donors (Lipinski definition) is 1. The highest BCUT2D eigenvalue weighted by molar-refractivity contribution is 7.89. The van der Waals surface area contributed by atoms with Gasteiger partial charge in [-0.05, 0) is 19.1 Å². The van der Waals surface area contributed by atoms with Crippen LogP contribution < -0.4 is 5.84 Å². The molecule has 0 aliphatic heterocycles. The fourth-order valence-corrected chi connectivity index (χ4v) is 2.65. The van der Waals surface area contributed by atoms with E-state index in [1.165, 1.54) is 0 Å². The number of hydrogen-bond acceptors (Lipinski definition) is 3. The fourth-order valence-electron chi connectivity index (χ4n) is 1.36. The lowest BCUT2D eigenvalue weighted by atomic mass is 10.1. The van der Waals surface area contributed by atoms with Crippen molar-refractivity contribution in [3.8, 4) is 0 Å². The summed E-state index contributed by atoms with van der Waals surface area (Å²) in [5, 5.41) is 0. The first-order valence-corrected chi connectivity index (χ1v) is 6.90. The van der Waals surface area contributed by atoms with E-state index in [1.807, 2.05) is 0 Å². The van der Waals surface area contributed by atoms with Gasteiger partial charge in [0, 0.05) is 0 Å². The van der Waals surface area contributed by atoms with Crippen LogP contribution in [0, 0.1) is 11.6 Å². The van der Waals surface area contributed by atoms with Crippen molar-refractivity contribution in [1.82, 2.24) is 4.41 Å².